The van der Waals surface area contributed by atoms with Crippen LogP contribution in [0, 0.1) is 0 Å². The Bertz CT molecular complexity index is 827. The number of nitrogens with zero attached hydrogens (tertiary/aromatic N) is 3. The van der Waals surface area contributed by atoms with Crippen molar-refractivity contribution in [2.24, 2.45) is 5.84 Å². The number of aryl methyl sites for hydroxylation is 1. The number of hydrogen-bond acceptors (Lipinski definition) is 5. The fourth-order valence-electron chi connectivity index (χ4n) is 2.66. The fraction of sp³-hybridized carbons (Fsp3) is 0.176. The fourth-order valence-corrected chi connectivity index (χ4v) is 2.66. The number of aromatic nitrogens is 2. The average molecular weight is 309 g/mol. The van der Waals surface area contributed by atoms with Crippen LogP contribution in [0.15, 0.2) is 48.5 Å². The molecule has 6 nitrogen and oxygen atoms in total. The summed E-state index contributed by atoms with van der Waals surface area (Å²) in [5.41, 5.74) is 9.23. The molecule has 23 heavy (non-hydrogen) atoms. The molecule has 3 aromatic rings. The number of imidazole rings is 1. The highest BCUT2D eigenvalue weighted by atomic mass is 16.1. The van der Waals surface area contributed by atoms with E-state index in [4.69, 9.17) is 11.6 Å². The molecule has 0 saturated heterocycles. The molecule has 118 valence electrons. The molecule has 0 unspecified atom stereocenters. The lowest BCUT2D eigenvalue weighted by molar-refractivity contribution is -0.108. The highest BCUT2D eigenvalue weighted by molar-refractivity contribution is 5.76. The number of hydrogen-bond donors (Lipinski definition) is 2. The molecule has 0 spiro atoms. The highest BCUT2D eigenvalue weighted by Gasteiger charge is 2.14. The van der Waals surface area contributed by atoms with E-state index < -0.39 is 0 Å². The van der Waals surface area contributed by atoms with Crippen LogP contribution < -0.4 is 16.6 Å². The topological polar surface area (TPSA) is 90.2 Å². The predicted octanol–water partition coefficient (Wildman–Crippen LogP) is 2.09. The Morgan fingerprint density at radius 1 is 1.13 bits per heavy atom. The van der Waals surface area contributed by atoms with Crippen LogP contribution in [-0.2, 0) is 17.9 Å². The monoisotopic (exact) mass is 309 g/mol. The molecule has 3 rings (SSSR count). The average Bonchev–Trinajstić information content (AvgIpc) is 2.90. The number of para-hydroxylation sites is 4. The molecule has 0 aliphatic carbocycles. The summed E-state index contributed by atoms with van der Waals surface area (Å²) in [5, 5.41) is 1.58. The number of nitrogens with two attached hydrogens (primary N) is 2. The van der Waals surface area contributed by atoms with Gasteiger partial charge < -0.3 is 20.1 Å². The normalized spacial score (nSPS) is 10.8. The van der Waals surface area contributed by atoms with Gasteiger partial charge in [-0.05, 0) is 24.3 Å². The van der Waals surface area contributed by atoms with Gasteiger partial charge in [0.2, 0.25) is 0 Å². The van der Waals surface area contributed by atoms with Crippen molar-refractivity contribution in [1.82, 2.24) is 9.55 Å². The Balaban J connectivity index is 1.95. The van der Waals surface area contributed by atoms with E-state index in [1.165, 1.54) is 0 Å². The number of nitrogen functional groups attached to an aromatic ring is 1. The van der Waals surface area contributed by atoms with Crippen LogP contribution in [0.25, 0.3) is 11.0 Å². The van der Waals surface area contributed by atoms with Gasteiger partial charge in [0, 0.05) is 13.0 Å². The van der Waals surface area contributed by atoms with Crippen molar-refractivity contribution in [3.63, 3.8) is 0 Å². The van der Waals surface area contributed by atoms with Gasteiger partial charge in [0.05, 0.1) is 29.0 Å². The number of benzene rings is 2. The summed E-state index contributed by atoms with van der Waals surface area (Å²) in [5.74, 6) is 6.98. The smallest absolute Gasteiger partial charge is 0.131 e. The molecule has 4 N–H and O–H groups in total. The predicted molar refractivity (Wildman–Crippen MR) is 91.6 cm³/mol. The summed E-state index contributed by atoms with van der Waals surface area (Å²) >= 11 is 0. The van der Waals surface area contributed by atoms with Crippen molar-refractivity contribution in [3.05, 3.63) is 54.4 Å². The van der Waals surface area contributed by atoms with Crippen LogP contribution >= 0.6 is 0 Å². The molecule has 0 saturated carbocycles. The van der Waals surface area contributed by atoms with E-state index in [1.54, 1.807) is 5.01 Å². The van der Waals surface area contributed by atoms with Gasteiger partial charge in [0.1, 0.15) is 12.1 Å². The second-order valence-electron chi connectivity index (χ2n) is 5.31. The van der Waals surface area contributed by atoms with Crippen molar-refractivity contribution in [1.29, 1.82) is 0 Å². The third kappa shape index (κ3) is 3.02. The van der Waals surface area contributed by atoms with E-state index >= 15 is 0 Å². The zero-order valence-electron chi connectivity index (χ0n) is 12.7. The quantitative estimate of drug-likeness (QED) is 0.315. The molecule has 0 radical (unpaired) electrons. The number of anilines is 2. The van der Waals surface area contributed by atoms with E-state index in [9.17, 15) is 4.79 Å². The minimum atomic E-state index is 0.405. The summed E-state index contributed by atoms with van der Waals surface area (Å²) in [6.07, 6.45) is 1.35. The number of fused-ring (bicyclic) bond motifs is 1. The molecule has 1 aromatic heterocycles. The maximum absolute atomic E-state index is 10.8. The van der Waals surface area contributed by atoms with Gasteiger partial charge in [-0.25, -0.2) is 10.8 Å². The Morgan fingerprint density at radius 2 is 1.87 bits per heavy atom. The van der Waals surface area contributed by atoms with E-state index in [1.807, 2.05) is 53.1 Å². The van der Waals surface area contributed by atoms with E-state index in [2.05, 4.69) is 4.98 Å². The standard InChI is InChI=1S/C17H19N5O/c18-13-6-1-3-8-15(13)22(19)12-17-20-14-7-2-4-9-16(14)21(17)10-5-11-23/h1-4,6-9,11H,5,10,12,18-19H2. The minimum absolute atomic E-state index is 0.405. The van der Waals surface area contributed by atoms with Crippen LogP contribution in [-0.4, -0.2) is 15.8 Å². The molecule has 0 fully saturated rings. The van der Waals surface area contributed by atoms with Gasteiger partial charge in [-0.15, -0.1) is 0 Å². The third-order valence-corrected chi connectivity index (χ3v) is 3.76. The molecular weight excluding hydrogens is 290 g/mol. The summed E-state index contributed by atoms with van der Waals surface area (Å²) in [4.78, 5) is 15.4. The summed E-state index contributed by atoms with van der Waals surface area (Å²) < 4.78 is 2.03. The van der Waals surface area contributed by atoms with Gasteiger partial charge in [-0.3, -0.25) is 0 Å². The second kappa shape index (κ2) is 6.50. The first-order valence-corrected chi connectivity index (χ1v) is 7.45. The number of carbonyl (C=O) groups excluding carboxylic acids is 1. The van der Waals surface area contributed by atoms with Crippen molar-refractivity contribution in [2.45, 2.75) is 19.5 Å². The van der Waals surface area contributed by atoms with Crippen LogP contribution in [0.5, 0.6) is 0 Å². The molecule has 0 amide bonds. The van der Waals surface area contributed by atoms with E-state index in [-0.39, 0.29) is 0 Å². The summed E-state index contributed by atoms with van der Waals surface area (Å²) in [7, 11) is 0. The Hall–Kier alpha value is -2.86. The van der Waals surface area contributed by atoms with Crippen molar-refractivity contribution in [3.8, 4) is 0 Å². The van der Waals surface area contributed by atoms with E-state index in [0.717, 1.165) is 28.8 Å². The van der Waals surface area contributed by atoms with E-state index in [0.29, 0.717) is 25.2 Å². The van der Waals surface area contributed by atoms with Crippen LogP contribution in [0.4, 0.5) is 11.4 Å². The van der Waals surface area contributed by atoms with Crippen LogP contribution in [0.3, 0.4) is 0 Å². The van der Waals surface area contributed by atoms with Crippen molar-refractivity contribution in [2.75, 3.05) is 10.7 Å². The first-order chi connectivity index (χ1) is 11.2. The first-order valence-electron chi connectivity index (χ1n) is 7.45. The lowest BCUT2D eigenvalue weighted by Crippen LogP contribution is -2.32. The zero-order valence-corrected chi connectivity index (χ0v) is 12.7. The van der Waals surface area contributed by atoms with Crippen LogP contribution in [0.2, 0.25) is 0 Å². The molecule has 0 atom stereocenters. The van der Waals surface area contributed by atoms with Gasteiger partial charge in [0.15, 0.2) is 0 Å². The van der Waals surface area contributed by atoms with Gasteiger partial charge in [0.25, 0.3) is 0 Å². The Kier molecular flexibility index (Phi) is 4.25. The van der Waals surface area contributed by atoms with Gasteiger partial charge in [-0.1, -0.05) is 24.3 Å². The highest BCUT2D eigenvalue weighted by Crippen LogP contribution is 2.23. The maximum atomic E-state index is 10.8. The molecule has 0 aliphatic rings. The SMILES string of the molecule is Nc1ccccc1N(N)Cc1nc2ccccc2n1CCC=O. The number of rotatable bonds is 6. The van der Waals surface area contributed by atoms with Crippen molar-refractivity contribution >= 4 is 28.7 Å². The molecule has 2 aromatic carbocycles. The number of carbonyl (C=O) groups is 1. The number of aldehydes is 1. The Labute approximate surface area is 134 Å². The molecule has 6 heteroatoms. The van der Waals surface area contributed by atoms with Gasteiger partial charge >= 0.3 is 0 Å². The first kappa shape index (κ1) is 15.1. The van der Waals surface area contributed by atoms with Crippen molar-refractivity contribution < 1.29 is 4.79 Å². The van der Waals surface area contributed by atoms with Gasteiger partial charge in [-0.2, -0.15) is 0 Å². The summed E-state index contributed by atoms with van der Waals surface area (Å²) in [6, 6.07) is 15.3. The minimum Gasteiger partial charge on any atom is -0.397 e. The lowest BCUT2D eigenvalue weighted by atomic mass is 10.2. The summed E-state index contributed by atoms with van der Waals surface area (Å²) in [6.45, 7) is 0.985. The molecular formula is C17H19N5O. The second-order valence-corrected chi connectivity index (χ2v) is 5.31. The van der Waals surface area contributed by atoms with Crippen LogP contribution in [0.1, 0.15) is 12.2 Å². The zero-order chi connectivity index (χ0) is 16.2. The molecule has 1 heterocycles. The third-order valence-electron chi connectivity index (χ3n) is 3.76. The molecule has 0 aliphatic heterocycles. The molecule has 0 bridgehead atoms. The Morgan fingerprint density at radius 3 is 2.65 bits per heavy atom. The lowest BCUT2D eigenvalue weighted by Gasteiger charge is -2.20. The number of hydrazine groups is 1. The largest absolute Gasteiger partial charge is 0.397 e. The maximum Gasteiger partial charge on any atom is 0.131 e.